The Balaban J connectivity index is 1.69. The third-order valence-corrected chi connectivity index (χ3v) is 4.89. The molecule has 4 rings (SSSR count). The van der Waals surface area contributed by atoms with Crippen LogP contribution in [0.4, 0.5) is 20.3 Å². The molecule has 1 aromatic heterocycles. The average Bonchev–Trinajstić information content (AvgIpc) is 3.01. The maximum atomic E-state index is 13.4. The molecule has 2 aromatic carbocycles. The van der Waals surface area contributed by atoms with Gasteiger partial charge in [-0.3, -0.25) is 9.59 Å². The third kappa shape index (κ3) is 3.49. The van der Waals surface area contributed by atoms with Crippen molar-refractivity contribution >= 4 is 23.3 Å². The van der Waals surface area contributed by atoms with Gasteiger partial charge in [0.1, 0.15) is 11.9 Å². The van der Waals surface area contributed by atoms with Crippen LogP contribution in [0.3, 0.4) is 0 Å². The fraction of sp³-hybridized carbons (Fsp3) is 0.190. The van der Waals surface area contributed by atoms with Crippen LogP contribution in [0.25, 0.3) is 11.3 Å². The van der Waals surface area contributed by atoms with Gasteiger partial charge in [-0.25, -0.2) is 13.5 Å². The fourth-order valence-electron chi connectivity index (χ4n) is 3.33. The van der Waals surface area contributed by atoms with Gasteiger partial charge in [-0.1, -0.05) is 29.8 Å². The highest BCUT2D eigenvalue weighted by Crippen LogP contribution is 2.34. The van der Waals surface area contributed by atoms with E-state index < -0.39 is 23.6 Å². The molecule has 0 spiro atoms. The summed E-state index contributed by atoms with van der Waals surface area (Å²) in [7, 11) is 0. The van der Waals surface area contributed by atoms with E-state index in [1.54, 1.807) is 0 Å². The third-order valence-electron chi connectivity index (χ3n) is 4.89. The number of amides is 2. The number of aryl methyl sites for hydroxylation is 1. The standard InChI is InChI=1S/C21H18F2N4O2/c1-11-3-5-13(6-4-11)19-12(2)20-25-18(28)10-17(27(20)26-19)21(29)24-14-7-8-15(22)16(23)9-14/h3-9,17H,10H2,1-2H3,(H,24,29)(H,25,28)/t17-/m1/s1. The molecule has 0 aliphatic carbocycles. The lowest BCUT2D eigenvalue weighted by atomic mass is 10.1. The van der Waals surface area contributed by atoms with Crippen LogP contribution in [0.2, 0.25) is 0 Å². The Morgan fingerprint density at radius 2 is 1.86 bits per heavy atom. The normalized spacial score (nSPS) is 15.6. The molecule has 1 atom stereocenters. The Kier molecular flexibility index (Phi) is 4.62. The summed E-state index contributed by atoms with van der Waals surface area (Å²) in [5.41, 5.74) is 3.47. The fourth-order valence-corrected chi connectivity index (χ4v) is 3.33. The second kappa shape index (κ2) is 7.12. The maximum absolute atomic E-state index is 13.4. The molecule has 1 aliphatic heterocycles. The summed E-state index contributed by atoms with van der Waals surface area (Å²) in [6, 6.07) is 9.93. The van der Waals surface area contributed by atoms with Crippen molar-refractivity contribution < 1.29 is 18.4 Å². The number of rotatable bonds is 3. The van der Waals surface area contributed by atoms with Crippen molar-refractivity contribution in [1.82, 2.24) is 9.78 Å². The first-order chi connectivity index (χ1) is 13.8. The van der Waals surface area contributed by atoms with Crippen molar-refractivity contribution in [2.75, 3.05) is 10.6 Å². The molecule has 2 heterocycles. The molecule has 0 saturated heterocycles. The molecule has 6 nitrogen and oxygen atoms in total. The number of carbonyl (C=O) groups excluding carboxylic acids is 2. The van der Waals surface area contributed by atoms with Gasteiger partial charge in [-0.2, -0.15) is 5.10 Å². The van der Waals surface area contributed by atoms with E-state index in [-0.39, 0.29) is 18.0 Å². The molecule has 0 saturated carbocycles. The topological polar surface area (TPSA) is 76.0 Å². The summed E-state index contributed by atoms with van der Waals surface area (Å²) in [6.07, 6.45) is -0.114. The molecule has 0 fully saturated rings. The van der Waals surface area contributed by atoms with Gasteiger partial charge in [-0.05, 0) is 26.0 Å². The molecule has 29 heavy (non-hydrogen) atoms. The van der Waals surface area contributed by atoms with E-state index in [9.17, 15) is 18.4 Å². The smallest absolute Gasteiger partial charge is 0.249 e. The lowest BCUT2D eigenvalue weighted by Gasteiger charge is -2.24. The molecular weight excluding hydrogens is 378 g/mol. The summed E-state index contributed by atoms with van der Waals surface area (Å²) in [4.78, 5) is 25.0. The minimum absolute atomic E-state index is 0.101. The van der Waals surface area contributed by atoms with Gasteiger partial charge in [0, 0.05) is 22.9 Å². The van der Waals surface area contributed by atoms with Crippen LogP contribution in [0.5, 0.6) is 0 Å². The van der Waals surface area contributed by atoms with E-state index in [4.69, 9.17) is 0 Å². The highest BCUT2D eigenvalue weighted by Gasteiger charge is 2.34. The number of anilines is 2. The number of nitrogens with one attached hydrogen (secondary N) is 2. The van der Waals surface area contributed by atoms with Gasteiger partial charge in [-0.15, -0.1) is 0 Å². The maximum Gasteiger partial charge on any atom is 0.249 e. The zero-order chi connectivity index (χ0) is 20.7. The van der Waals surface area contributed by atoms with Crippen molar-refractivity contribution in [3.63, 3.8) is 0 Å². The highest BCUT2D eigenvalue weighted by atomic mass is 19.2. The summed E-state index contributed by atoms with van der Waals surface area (Å²) in [6.45, 7) is 3.80. The summed E-state index contributed by atoms with van der Waals surface area (Å²) in [5.74, 6) is -2.48. The molecule has 2 amide bonds. The minimum Gasteiger partial charge on any atom is -0.324 e. The summed E-state index contributed by atoms with van der Waals surface area (Å²) < 4.78 is 28.0. The Morgan fingerprint density at radius 1 is 1.14 bits per heavy atom. The monoisotopic (exact) mass is 396 g/mol. The molecule has 1 aliphatic rings. The molecular formula is C21H18F2N4O2. The van der Waals surface area contributed by atoms with Gasteiger partial charge in [0.2, 0.25) is 11.8 Å². The molecule has 2 N–H and O–H groups in total. The Hall–Kier alpha value is -3.55. The van der Waals surface area contributed by atoms with Crippen molar-refractivity contribution in [1.29, 1.82) is 0 Å². The molecule has 0 bridgehead atoms. The molecule has 8 heteroatoms. The lowest BCUT2D eigenvalue weighted by molar-refractivity contribution is -0.125. The van der Waals surface area contributed by atoms with E-state index in [0.29, 0.717) is 11.5 Å². The predicted molar refractivity (Wildman–Crippen MR) is 104 cm³/mol. The van der Waals surface area contributed by atoms with Gasteiger partial charge in [0.25, 0.3) is 0 Å². The van der Waals surface area contributed by atoms with Crippen LogP contribution in [-0.2, 0) is 9.59 Å². The number of fused-ring (bicyclic) bond motifs is 1. The number of halogens is 2. The zero-order valence-corrected chi connectivity index (χ0v) is 15.8. The van der Waals surface area contributed by atoms with E-state index in [2.05, 4.69) is 15.7 Å². The van der Waals surface area contributed by atoms with E-state index in [1.807, 2.05) is 38.1 Å². The molecule has 148 valence electrons. The molecule has 0 unspecified atom stereocenters. The quantitative estimate of drug-likeness (QED) is 0.704. The van der Waals surface area contributed by atoms with Crippen LogP contribution in [0.1, 0.15) is 23.6 Å². The largest absolute Gasteiger partial charge is 0.324 e. The lowest BCUT2D eigenvalue weighted by Crippen LogP contribution is -2.36. The van der Waals surface area contributed by atoms with Crippen LogP contribution in [-0.4, -0.2) is 21.6 Å². The van der Waals surface area contributed by atoms with Gasteiger partial charge < -0.3 is 10.6 Å². The first-order valence-electron chi connectivity index (χ1n) is 9.05. The van der Waals surface area contributed by atoms with Crippen molar-refractivity contribution in [2.24, 2.45) is 0 Å². The second-order valence-corrected chi connectivity index (χ2v) is 7.02. The van der Waals surface area contributed by atoms with Crippen molar-refractivity contribution in [3.8, 4) is 11.3 Å². The average molecular weight is 396 g/mol. The van der Waals surface area contributed by atoms with Gasteiger partial charge >= 0.3 is 0 Å². The Morgan fingerprint density at radius 3 is 2.55 bits per heavy atom. The van der Waals surface area contributed by atoms with Crippen LogP contribution < -0.4 is 10.6 Å². The van der Waals surface area contributed by atoms with Crippen LogP contribution >= 0.6 is 0 Å². The minimum atomic E-state index is -1.07. The number of aromatic nitrogens is 2. The molecule has 3 aromatic rings. The summed E-state index contributed by atoms with van der Waals surface area (Å²) >= 11 is 0. The zero-order valence-electron chi connectivity index (χ0n) is 15.8. The van der Waals surface area contributed by atoms with Gasteiger partial charge in [0.15, 0.2) is 11.6 Å². The first-order valence-corrected chi connectivity index (χ1v) is 9.05. The highest BCUT2D eigenvalue weighted by molar-refractivity contribution is 6.02. The van der Waals surface area contributed by atoms with E-state index in [1.165, 1.54) is 10.7 Å². The van der Waals surface area contributed by atoms with E-state index in [0.717, 1.165) is 28.8 Å². The van der Waals surface area contributed by atoms with Gasteiger partial charge in [0.05, 0.1) is 12.1 Å². The Bertz CT molecular complexity index is 1120. The first kappa shape index (κ1) is 18.8. The number of benzene rings is 2. The second-order valence-electron chi connectivity index (χ2n) is 7.02. The number of carbonyl (C=O) groups is 2. The Labute approximate surface area is 165 Å². The number of hydrogen-bond donors (Lipinski definition) is 2. The number of nitrogens with zero attached hydrogens (tertiary/aromatic N) is 2. The SMILES string of the molecule is Cc1ccc(-c2nn3c(c2C)NC(=O)C[C@@H]3C(=O)Nc2ccc(F)c(F)c2)cc1. The van der Waals surface area contributed by atoms with Crippen LogP contribution in [0, 0.1) is 25.5 Å². The number of hydrogen-bond acceptors (Lipinski definition) is 3. The predicted octanol–water partition coefficient (Wildman–Crippen LogP) is 3.97. The summed E-state index contributed by atoms with van der Waals surface area (Å²) in [5, 5.41) is 9.87. The van der Waals surface area contributed by atoms with Crippen molar-refractivity contribution in [2.45, 2.75) is 26.3 Å². The van der Waals surface area contributed by atoms with E-state index >= 15 is 0 Å². The van der Waals surface area contributed by atoms with Crippen molar-refractivity contribution in [3.05, 3.63) is 65.2 Å². The van der Waals surface area contributed by atoms with Crippen LogP contribution in [0.15, 0.2) is 42.5 Å². The molecule has 0 radical (unpaired) electrons.